The van der Waals surface area contributed by atoms with E-state index in [-0.39, 0.29) is 6.23 Å². The van der Waals surface area contributed by atoms with Gasteiger partial charge in [0, 0.05) is 12.3 Å². The van der Waals surface area contributed by atoms with Crippen molar-refractivity contribution in [1.29, 1.82) is 0 Å². The number of hydrogen-bond acceptors (Lipinski definition) is 2. The van der Waals surface area contributed by atoms with Crippen molar-refractivity contribution in [2.45, 2.75) is 32.4 Å². The third-order valence-electron chi connectivity index (χ3n) is 2.56. The largest absolute Gasteiger partial charge is 0.360 e. The molecule has 2 heteroatoms. The van der Waals surface area contributed by atoms with Crippen LogP contribution in [-0.4, -0.2) is 12.8 Å². The van der Waals surface area contributed by atoms with Crippen LogP contribution in [0.15, 0.2) is 24.3 Å². The Labute approximate surface area is 85.3 Å². The van der Waals surface area contributed by atoms with Gasteiger partial charge in [0.05, 0.1) is 0 Å². The van der Waals surface area contributed by atoms with Crippen LogP contribution in [0.1, 0.15) is 24.8 Å². The summed E-state index contributed by atoms with van der Waals surface area (Å²) in [7, 11) is 0. The number of anilines is 1. The lowest BCUT2D eigenvalue weighted by Gasteiger charge is -2.24. The van der Waals surface area contributed by atoms with E-state index < -0.39 is 0 Å². The summed E-state index contributed by atoms with van der Waals surface area (Å²) in [5.74, 6) is 0. The molecule has 1 aliphatic rings. The first-order chi connectivity index (χ1) is 6.84. The molecule has 1 aliphatic heterocycles. The molecule has 0 saturated carbocycles. The fourth-order valence-corrected chi connectivity index (χ4v) is 1.69. The SMILES string of the molecule is Cc1ccc(NC2CCCCO2)cc1. The molecule has 1 fully saturated rings. The first kappa shape index (κ1) is 9.53. The molecule has 1 aromatic carbocycles. The minimum Gasteiger partial charge on any atom is -0.360 e. The molecule has 1 unspecified atom stereocenters. The van der Waals surface area contributed by atoms with Crippen LogP contribution >= 0.6 is 0 Å². The van der Waals surface area contributed by atoms with Gasteiger partial charge in [-0.1, -0.05) is 17.7 Å². The van der Waals surface area contributed by atoms with E-state index in [2.05, 4.69) is 36.5 Å². The van der Waals surface area contributed by atoms with Gasteiger partial charge in [-0.05, 0) is 38.3 Å². The van der Waals surface area contributed by atoms with Gasteiger partial charge in [-0.25, -0.2) is 0 Å². The topological polar surface area (TPSA) is 21.3 Å². The molecule has 1 heterocycles. The highest BCUT2D eigenvalue weighted by atomic mass is 16.5. The highest BCUT2D eigenvalue weighted by Crippen LogP contribution is 2.16. The Morgan fingerprint density at radius 3 is 2.64 bits per heavy atom. The predicted molar refractivity (Wildman–Crippen MR) is 58.4 cm³/mol. The summed E-state index contributed by atoms with van der Waals surface area (Å²) in [6.07, 6.45) is 3.80. The molecular formula is C12H17NO. The molecule has 0 bridgehead atoms. The van der Waals surface area contributed by atoms with E-state index in [1.807, 2.05) is 0 Å². The molecular weight excluding hydrogens is 174 g/mol. The minimum absolute atomic E-state index is 0.214. The Morgan fingerprint density at radius 2 is 2.00 bits per heavy atom. The lowest BCUT2D eigenvalue weighted by Crippen LogP contribution is -2.27. The van der Waals surface area contributed by atoms with Crippen molar-refractivity contribution in [3.8, 4) is 0 Å². The smallest absolute Gasteiger partial charge is 0.127 e. The fourth-order valence-electron chi connectivity index (χ4n) is 1.69. The zero-order valence-electron chi connectivity index (χ0n) is 8.62. The molecule has 1 aromatic rings. The lowest BCUT2D eigenvalue weighted by atomic mass is 10.1. The summed E-state index contributed by atoms with van der Waals surface area (Å²) in [6, 6.07) is 8.44. The number of rotatable bonds is 2. The van der Waals surface area contributed by atoms with Gasteiger partial charge in [0.2, 0.25) is 0 Å². The van der Waals surface area contributed by atoms with Crippen LogP contribution in [-0.2, 0) is 4.74 Å². The highest BCUT2D eigenvalue weighted by molar-refractivity contribution is 5.44. The maximum absolute atomic E-state index is 5.60. The monoisotopic (exact) mass is 191 g/mol. The maximum Gasteiger partial charge on any atom is 0.127 e. The third-order valence-corrected chi connectivity index (χ3v) is 2.56. The van der Waals surface area contributed by atoms with Gasteiger partial charge in [-0.3, -0.25) is 0 Å². The second-order valence-corrected chi connectivity index (χ2v) is 3.87. The van der Waals surface area contributed by atoms with Crippen molar-refractivity contribution < 1.29 is 4.74 Å². The standard InChI is InChI=1S/C12H17NO/c1-10-5-7-11(8-6-10)13-12-4-2-3-9-14-12/h5-8,12-13H,2-4,9H2,1H3. The summed E-state index contributed by atoms with van der Waals surface area (Å²) in [5.41, 5.74) is 2.45. The highest BCUT2D eigenvalue weighted by Gasteiger charge is 2.12. The minimum atomic E-state index is 0.214. The zero-order chi connectivity index (χ0) is 9.80. The molecule has 0 aliphatic carbocycles. The van der Waals surface area contributed by atoms with Crippen LogP contribution in [0.3, 0.4) is 0 Å². The van der Waals surface area contributed by atoms with E-state index >= 15 is 0 Å². The molecule has 1 N–H and O–H groups in total. The normalized spacial score (nSPS) is 21.9. The van der Waals surface area contributed by atoms with Crippen molar-refractivity contribution >= 4 is 5.69 Å². The number of aryl methyl sites for hydroxylation is 1. The summed E-state index contributed by atoms with van der Waals surface area (Å²) < 4.78 is 5.60. The van der Waals surface area contributed by atoms with Crippen molar-refractivity contribution in [2.24, 2.45) is 0 Å². The van der Waals surface area contributed by atoms with E-state index in [0.29, 0.717) is 0 Å². The van der Waals surface area contributed by atoms with Crippen LogP contribution in [0.4, 0.5) is 5.69 Å². The second kappa shape index (κ2) is 4.47. The Balaban J connectivity index is 1.92. The van der Waals surface area contributed by atoms with Gasteiger partial charge in [0.25, 0.3) is 0 Å². The quantitative estimate of drug-likeness (QED) is 0.776. The average molecular weight is 191 g/mol. The second-order valence-electron chi connectivity index (χ2n) is 3.87. The molecule has 2 nitrogen and oxygen atoms in total. The molecule has 14 heavy (non-hydrogen) atoms. The molecule has 0 amide bonds. The summed E-state index contributed by atoms with van der Waals surface area (Å²) in [4.78, 5) is 0. The molecule has 2 rings (SSSR count). The number of hydrogen-bond donors (Lipinski definition) is 1. The van der Waals surface area contributed by atoms with E-state index in [4.69, 9.17) is 4.74 Å². The number of ether oxygens (including phenoxy) is 1. The van der Waals surface area contributed by atoms with Crippen LogP contribution in [0, 0.1) is 6.92 Å². The lowest BCUT2D eigenvalue weighted by molar-refractivity contribution is 0.0343. The predicted octanol–water partition coefficient (Wildman–Crippen LogP) is 2.93. The average Bonchev–Trinajstić information content (AvgIpc) is 2.23. The Hall–Kier alpha value is -1.02. The fraction of sp³-hybridized carbons (Fsp3) is 0.500. The molecule has 0 spiro atoms. The van der Waals surface area contributed by atoms with Crippen LogP contribution in [0.5, 0.6) is 0 Å². The van der Waals surface area contributed by atoms with Gasteiger partial charge in [0.15, 0.2) is 0 Å². The summed E-state index contributed by atoms with van der Waals surface area (Å²) >= 11 is 0. The van der Waals surface area contributed by atoms with Gasteiger partial charge in [-0.15, -0.1) is 0 Å². The Bertz CT molecular complexity index is 275. The molecule has 0 radical (unpaired) electrons. The van der Waals surface area contributed by atoms with Gasteiger partial charge in [-0.2, -0.15) is 0 Å². The van der Waals surface area contributed by atoms with Crippen LogP contribution in [0.2, 0.25) is 0 Å². The van der Waals surface area contributed by atoms with Gasteiger partial charge in [0.1, 0.15) is 6.23 Å². The maximum atomic E-state index is 5.60. The third kappa shape index (κ3) is 2.48. The number of nitrogens with one attached hydrogen (secondary N) is 1. The molecule has 1 atom stereocenters. The van der Waals surface area contributed by atoms with Crippen molar-refractivity contribution in [3.05, 3.63) is 29.8 Å². The van der Waals surface area contributed by atoms with Crippen molar-refractivity contribution in [1.82, 2.24) is 0 Å². The zero-order valence-corrected chi connectivity index (χ0v) is 8.62. The van der Waals surface area contributed by atoms with E-state index in [0.717, 1.165) is 18.7 Å². The Morgan fingerprint density at radius 1 is 1.21 bits per heavy atom. The number of benzene rings is 1. The van der Waals surface area contributed by atoms with Crippen LogP contribution in [0.25, 0.3) is 0 Å². The van der Waals surface area contributed by atoms with Crippen molar-refractivity contribution in [2.75, 3.05) is 11.9 Å². The first-order valence-electron chi connectivity index (χ1n) is 5.29. The first-order valence-corrected chi connectivity index (χ1v) is 5.29. The van der Waals surface area contributed by atoms with Crippen LogP contribution < -0.4 is 5.32 Å². The van der Waals surface area contributed by atoms with E-state index in [1.165, 1.54) is 18.4 Å². The molecule has 0 aromatic heterocycles. The van der Waals surface area contributed by atoms with Gasteiger partial charge < -0.3 is 10.1 Å². The molecule has 76 valence electrons. The van der Waals surface area contributed by atoms with Gasteiger partial charge >= 0.3 is 0 Å². The Kier molecular flexibility index (Phi) is 3.04. The molecule has 1 saturated heterocycles. The van der Waals surface area contributed by atoms with E-state index in [9.17, 15) is 0 Å². The summed E-state index contributed by atoms with van der Waals surface area (Å²) in [6.45, 7) is 2.99. The van der Waals surface area contributed by atoms with E-state index in [1.54, 1.807) is 0 Å². The van der Waals surface area contributed by atoms with Crippen molar-refractivity contribution in [3.63, 3.8) is 0 Å². The summed E-state index contributed by atoms with van der Waals surface area (Å²) in [5, 5.41) is 3.39.